The number of carbonyl (C=O) groups excluding carboxylic acids is 2. The highest BCUT2D eigenvalue weighted by molar-refractivity contribution is 5.96. The van der Waals surface area contributed by atoms with Gasteiger partial charge in [-0.2, -0.15) is 5.10 Å². The Kier molecular flexibility index (Phi) is 4.72. The monoisotopic (exact) mass is 437 g/mol. The number of likely N-dealkylation sites (tertiary alicyclic amines) is 1. The number of methoxy groups -OCH3 is 1. The molecule has 1 amide bonds. The Labute approximate surface area is 182 Å². The molecule has 3 atom stereocenters. The van der Waals surface area contributed by atoms with E-state index in [4.69, 9.17) is 4.74 Å². The van der Waals surface area contributed by atoms with Gasteiger partial charge in [0.2, 0.25) is 5.91 Å². The summed E-state index contributed by atoms with van der Waals surface area (Å²) in [5, 5.41) is 6.26. The SMILES string of the molecule is COC(=O)c1cn([C@@H](C)C(=O)N2CC3CC(C2)c2cccc(=O)n2C3)cc2c(=O)[nH]nc1-2. The molecule has 4 aliphatic rings. The summed E-state index contributed by atoms with van der Waals surface area (Å²) in [6.07, 6.45) is 3.98. The molecule has 166 valence electrons. The van der Waals surface area contributed by atoms with Crippen LogP contribution in [-0.4, -0.2) is 56.3 Å². The molecular formula is C22H23N5O5. The lowest BCUT2D eigenvalue weighted by Crippen LogP contribution is -2.50. The number of piperidine rings is 1. The number of aromatic nitrogens is 4. The summed E-state index contributed by atoms with van der Waals surface area (Å²) >= 11 is 0. The average Bonchev–Trinajstić information content (AvgIpc) is 3.18. The van der Waals surface area contributed by atoms with Crippen molar-refractivity contribution in [2.75, 3.05) is 20.2 Å². The van der Waals surface area contributed by atoms with Crippen LogP contribution in [0.3, 0.4) is 0 Å². The van der Waals surface area contributed by atoms with Gasteiger partial charge in [0.05, 0.1) is 12.7 Å². The van der Waals surface area contributed by atoms with Crippen molar-refractivity contribution in [3.8, 4) is 11.3 Å². The van der Waals surface area contributed by atoms with Gasteiger partial charge in [0.25, 0.3) is 11.1 Å². The van der Waals surface area contributed by atoms with Crippen molar-refractivity contribution in [2.45, 2.75) is 31.8 Å². The van der Waals surface area contributed by atoms with Gasteiger partial charge in [-0.15, -0.1) is 0 Å². The normalized spacial score (nSPS) is 20.6. The molecule has 4 aliphatic heterocycles. The van der Waals surface area contributed by atoms with E-state index in [0.717, 1.165) is 12.1 Å². The van der Waals surface area contributed by atoms with E-state index in [2.05, 4.69) is 10.2 Å². The third kappa shape index (κ3) is 3.14. The van der Waals surface area contributed by atoms with Gasteiger partial charge in [-0.1, -0.05) is 6.07 Å². The van der Waals surface area contributed by atoms with Crippen LogP contribution in [0.4, 0.5) is 0 Å². The molecule has 0 radical (unpaired) electrons. The fraction of sp³-hybridized carbons (Fsp3) is 0.409. The molecule has 0 aliphatic carbocycles. The lowest BCUT2D eigenvalue weighted by Gasteiger charge is -2.43. The van der Waals surface area contributed by atoms with Crippen LogP contribution < -0.4 is 11.1 Å². The molecule has 5 rings (SSSR count). The minimum absolute atomic E-state index is 0.00179. The molecule has 32 heavy (non-hydrogen) atoms. The number of hydrogen-bond acceptors (Lipinski definition) is 6. The number of H-pyrrole nitrogens is 1. The number of rotatable bonds is 3. The van der Waals surface area contributed by atoms with Crippen LogP contribution in [0, 0.1) is 5.92 Å². The number of fused-ring (bicyclic) bond motifs is 5. The first kappa shape index (κ1) is 20.2. The Bertz CT molecular complexity index is 1300. The summed E-state index contributed by atoms with van der Waals surface area (Å²) in [7, 11) is 1.25. The highest BCUT2D eigenvalue weighted by Gasteiger charge is 2.37. The first-order valence-corrected chi connectivity index (χ1v) is 10.5. The Morgan fingerprint density at radius 1 is 1.19 bits per heavy atom. The maximum atomic E-state index is 13.4. The van der Waals surface area contributed by atoms with Gasteiger partial charge in [0.1, 0.15) is 17.3 Å². The van der Waals surface area contributed by atoms with Crippen LogP contribution >= 0.6 is 0 Å². The zero-order chi connectivity index (χ0) is 22.6. The van der Waals surface area contributed by atoms with Crippen LogP contribution in [-0.2, 0) is 16.1 Å². The van der Waals surface area contributed by atoms with E-state index in [-0.39, 0.29) is 40.1 Å². The molecule has 1 aromatic heterocycles. The summed E-state index contributed by atoms with van der Waals surface area (Å²) in [4.78, 5) is 51.9. The fourth-order valence-corrected chi connectivity index (χ4v) is 5.01. The number of carbonyl (C=O) groups is 2. The first-order valence-electron chi connectivity index (χ1n) is 10.5. The number of pyridine rings is 2. The van der Waals surface area contributed by atoms with Gasteiger partial charge in [0.15, 0.2) is 0 Å². The summed E-state index contributed by atoms with van der Waals surface area (Å²) in [5.74, 6) is -0.432. The van der Waals surface area contributed by atoms with Crippen molar-refractivity contribution in [1.29, 1.82) is 0 Å². The summed E-state index contributed by atoms with van der Waals surface area (Å²) in [5.41, 5.74) is 1.08. The molecule has 0 spiro atoms. The quantitative estimate of drug-likeness (QED) is 0.606. The topological polar surface area (TPSA) is 119 Å². The number of nitrogens with zero attached hydrogens (tertiary/aromatic N) is 4. The Morgan fingerprint density at radius 3 is 2.78 bits per heavy atom. The zero-order valence-electron chi connectivity index (χ0n) is 17.8. The van der Waals surface area contributed by atoms with E-state index in [1.807, 2.05) is 15.5 Å². The third-order valence-corrected chi connectivity index (χ3v) is 6.58. The smallest absolute Gasteiger partial charge is 0.341 e. The minimum Gasteiger partial charge on any atom is -0.465 e. The molecule has 2 bridgehead atoms. The van der Waals surface area contributed by atoms with E-state index >= 15 is 0 Å². The van der Waals surface area contributed by atoms with Gasteiger partial charge in [-0.25, -0.2) is 9.89 Å². The van der Waals surface area contributed by atoms with E-state index in [1.54, 1.807) is 23.6 Å². The van der Waals surface area contributed by atoms with E-state index in [1.165, 1.54) is 19.5 Å². The van der Waals surface area contributed by atoms with Crippen LogP contribution in [0.5, 0.6) is 0 Å². The molecular weight excluding hydrogens is 414 g/mol. The maximum Gasteiger partial charge on any atom is 0.341 e. The Hall–Kier alpha value is -3.69. The van der Waals surface area contributed by atoms with Crippen LogP contribution in [0.15, 0.2) is 40.2 Å². The highest BCUT2D eigenvalue weighted by atomic mass is 16.5. The van der Waals surface area contributed by atoms with Crippen molar-refractivity contribution in [1.82, 2.24) is 24.2 Å². The highest BCUT2D eigenvalue weighted by Crippen LogP contribution is 2.36. The van der Waals surface area contributed by atoms with Gasteiger partial charge in [-0.05, 0) is 25.3 Å². The Balaban J connectivity index is 1.46. The predicted molar refractivity (Wildman–Crippen MR) is 114 cm³/mol. The summed E-state index contributed by atoms with van der Waals surface area (Å²) in [6, 6.07) is 4.65. The molecule has 0 saturated carbocycles. The molecule has 0 aromatic carbocycles. The number of amides is 1. The zero-order valence-corrected chi connectivity index (χ0v) is 17.8. The predicted octanol–water partition coefficient (Wildman–Crippen LogP) is 0.831. The van der Waals surface area contributed by atoms with Gasteiger partial charge < -0.3 is 18.8 Å². The third-order valence-electron chi connectivity index (χ3n) is 6.58. The molecule has 2 unspecified atom stereocenters. The van der Waals surface area contributed by atoms with Crippen molar-refractivity contribution >= 4 is 11.9 Å². The van der Waals surface area contributed by atoms with E-state index in [0.29, 0.717) is 19.6 Å². The number of esters is 1. The molecule has 1 fully saturated rings. The summed E-state index contributed by atoms with van der Waals surface area (Å²) in [6.45, 7) is 3.42. The number of nitrogens with one attached hydrogen (secondary N) is 1. The summed E-state index contributed by atoms with van der Waals surface area (Å²) < 4.78 is 8.22. The standard InChI is InChI=1S/C22H23N5O5/c1-12(25-10-15-19(23-24-20(15)29)16(11-25)22(31)32-2)21(30)26-7-13-6-14(9-26)17-4-3-5-18(28)27(17)8-13/h3-5,10-14H,6-9H2,1-2H3,(H,24,29)/t12-,13?,14?/m0/s1. The van der Waals surface area contributed by atoms with Gasteiger partial charge in [-0.3, -0.25) is 14.4 Å². The second-order valence-electron chi connectivity index (χ2n) is 8.54. The lowest BCUT2D eigenvalue weighted by molar-refractivity contribution is -0.137. The number of hydrogen-bond donors (Lipinski definition) is 1. The van der Waals surface area contributed by atoms with Gasteiger partial charge in [0, 0.05) is 49.7 Å². The lowest BCUT2D eigenvalue weighted by atomic mass is 9.83. The minimum atomic E-state index is -0.645. The van der Waals surface area contributed by atoms with Crippen molar-refractivity contribution in [3.63, 3.8) is 0 Å². The molecule has 10 nitrogen and oxygen atoms in total. The maximum absolute atomic E-state index is 13.4. The molecule has 10 heteroatoms. The van der Waals surface area contributed by atoms with E-state index in [9.17, 15) is 19.2 Å². The van der Waals surface area contributed by atoms with Crippen LogP contribution in [0.1, 0.15) is 41.4 Å². The number of ether oxygens (including phenoxy) is 1. The first-order chi connectivity index (χ1) is 15.4. The average molecular weight is 437 g/mol. The van der Waals surface area contributed by atoms with Crippen LogP contribution in [0.2, 0.25) is 0 Å². The molecule has 1 aromatic rings. The molecule has 5 heterocycles. The van der Waals surface area contributed by atoms with Crippen LogP contribution in [0.25, 0.3) is 11.3 Å². The van der Waals surface area contributed by atoms with E-state index < -0.39 is 17.6 Å². The molecule has 1 N–H and O–H groups in total. The second-order valence-corrected chi connectivity index (χ2v) is 8.54. The fourth-order valence-electron chi connectivity index (χ4n) is 5.01. The van der Waals surface area contributed by atoms with Crippen molar-refractivity contribution < 1.29 is 14.3 Å². The van der Waals surface area contributed by atoms with Gasteiger partial charge >= 0.3 is 5.97 Å². The second kappa shape index (κ2) is 7.47. The molecule has 1 saturated heterocycles. The Morgan fingerprint density at radius 2 is 2.00 bits per heavy atom. The van der Waals surface area contributed by atoms with Crippen molar-refractivity contribution in [3.05, 3.63) is 62.6 Å². The number of aromatic amines is 1. The van der Waals surface area contributed by atoms with Crippen molar-refractivity contribution in [2.24, 2.45) is 5.92 Å². The largest absolute Gasteiger partial charge is 0.465 e.